The largest absolute Gasteiger partial charge is 0.476 e. The molecule has 0 atom stereocenters. The molecule has 0 saturated heterocycles. The van der Waals surface area contributed by atoms with Gasteiger partial charge in [0.15, 0.2) is 11.4 Å². The molecule has 0 unspecified atom stereocenters. The molecule has 3 rings (SSSR count). The Morgan fingerprint density at radius 2 is 2.00 bits per heavy atom. The predicted molar refractivity (Wildman–Crippen MR) is 70.8 cm³/mol. The van der Waals surface area contributed by atoms with Crippen LogP contribution in [0.15, 0.2) is 48.9 Å². The van der Waals surface area contributed by atoms with E-state index in [1.165, 1.54) is 6.20 Å². The number of hydrogen-bond acceptors (Lipinski definition) is 5. The first-order valence-electron chi connectivity index (χ1n) is 5.81. The minimum atomic E-state index is -1.15. The third-order valence-electron chi connectivity index (χ3n) is 2.64. The highest BCUT2D eigenvalue weighted by atomic mass is 16.5. The molecule has 0 fully saturated rings. The van der Waals surface area contributed by atoms with Crippen molar-refractivity contribution in [2.45, 2.75) is 0 Å². The van der Waals surface area contributed by atoms with Gasteiger partial charge in [-0.3, -0.25) is 9.97 Å². The van der Waals surface area contributed by atoms with Crippen molar-refractivity contribution in [2.75, 3.05) is 0 Å². The Labute approximate surface area is 113 Å². The van der Waals surface area contributed by atoms with E-state index in [-0.39, 0.29) is 11.6 Å². The monoisotopic (exact) mass is 267 g/mol. The Balaban J connectivity index is 2.01. The van der Waals surface area contributed by atoms with Crippen molar-refractivity contribution in [1.82, 2.24) is 15.0 Å². The van der Waals surface area contributed by atoms with Gasteiger partial charge in [-0.15, -0.1) is 0 Å². The first-order chi connectivity index (χ1) is 9.74. The highest BCUT2D eigenvalue weighted by molar-refractivity contribution is 5.85. The molecule has 0 saturated carbocycles. The summed E-state index contributed by atoms with van der Waals surface area (Å²) in [6.45, 7) is 0. The summed E-state index contributed by atoms with van der Waals surface area (Å²) in [7, 11) is 0. The van der Waals surface area contributed by atoms with Gasteiger partial charge in [0.25, 0.3) is 0 Å². The number of aromatic nitrogens is 3. The number of rotatable bonds is 3. The Bertz CT molecular complexity index is 784. The van der Waals surface area contributed by atoms with Crippen molar-refractivity contribution in [2.24, 2.45) is 0 Å². The van der Waals surface area contributed by atoms with Crippen LogP contribution in [-0.2, 0) is 0 Å². The Hall–Kier alpha value is -3.02. The maximum atomic E-state index is 10.8. The molecule has 0 aliphatic rings. The summed E-state index contributed by atoms with van der Waals surface area (Å²) in [5.41, 5.74) is 0.508. The van der Waals surface area contributed by atoms with Crippen LogP contribution in [0.3, 0.4) is 0 Å². The van der Waals surface area contributed by atoms with Crippen LogP contribution in [-0.4, -0.2) is 26.0 Å². The lowest BCUT2D eigenvalue weighted by molar-refractivity contribution is 0.0689. The number of nitrogens with zero attached hydrogens (tertiary/aromatic N) is 3. The van der Waals surface area contributed by atoms with Crippen molar-refractivity contribution in [1.29, 1.82) is 0 Å². The van der Waals surface area contributed by atoms with E-state index in [0.717, 1.165) is 11.6 Å². The summed E-state index contributed by atoms with van der Waals surface area (Å²) in [6, 6.07) is 9.22. The van der Waals surface area contributed by atoms with E-state index < -0.39 is 5.97 Å². The van der Waals surface area contributed by atoms with Crippen LogP contribution in [0.4, 0.5) is 0 Å². The van der Waals surface area contributed by atoms with E-state index in [4.69, 9.17) is 9.84 Å². The minimum Gasteiger partial charge on any atom is -0.476 e. The van der Waals surface area contributed by atoms with Crippen LogP contribution in [0, 0.1) is 0 Å². The zero-order chi connectivity index (χ0) is 13.9. The number of ether oxygens (including phenoxy) is 1. The molecule has 2 aromatic heterocycles. The molecule has 0 aliphatic heterocycles. The molecule has 2 heterocycles. The molecule has 98 valence electrons. The number of carbonyl (C=O) groups is 1. The normalized spacial score (nSPS) is 10.4. The van der Waals surface area contributed by atoms with Gasteiger partial charge in [0.05, 0.1) is 12.4 Å². The van der Waals surface area contributed by atoms with Crippen molar-refractivity contribution < 1.29 is 14.6 Å². The Morgan fingerprint density at radius 3 is 2.85 bits per heavy atom. The standard InChI is InChI=1S/C14H9N3O3/c18-14(19)10-7-15-8-12(17-10)20-11-5-1-3-9-4-2-6-16-13(9)11/h1-8H,(H,18,19). The zero-order valence-electron chi connectivity index (χ0n) is 10.2. The third-order valence-corrected chi connectivity index (χ3v) is 2.64. The molecule has 6 nitrogen and oxygen atoms in total. The van der Waals surface area contributed by atoms with Crippen LogP contribution < -0.4 is 4.74 Å². The second-order valence-electron chi connectivity index (χ2n) is 3.98. The Kier molecular flexibility index (Phi) is 2.96. The highest BCUT2D eigenvalue weighted by Crippen LogP contribution is 2.26. The minimum absolute atomic E-state index is 0.114. The summed E-state index contributed by atoms with van der Waals surface area (Å²) in [4.78, 5) is 22.7. The number of pyridine rings is 1. The maximum Gasteiger partial charge on any atom is 0.356 e. The summed E-state index contributed by atoms with van der Waals surface area (Å²) in [6.07, 6.45) is 4.18. The van der Waals surface area contributed by atoms with Gasteiger partial charge >= 0.3 is 5.97 Å². The molecule has 0 aliphatic carbocycles. The smallest absolute Gasteiger partial charge is 0.356 e. The average molecular weight is 267 g/mol. The zero-order valence-corrected chi connectivity index (χ0v) is 10.2. The van der Waals surface area contributed by atoms with Crippen LogP contribution in [0.1, 0.15) is 10.5 Å². The van der Waals surface area contributed by atoms with Gasteiger partial charge in [-0.25, -0.2) is 9.78 Å². The molecule has 0 radical (unpaired) electrons. The molecular weight excluding hydrogens is 258 g/mol. The number of para-hydroxylation sites is 1. The van der Waals surface area contributed by atoms with Gasteiger partial charge in [0, 0.05) is 11.6 Å². The molecular formula is C14H9N3O3. The van der Waals surface area contributed by atoms with Gasteiger partial charge in [-0.2, -0.15) is 0 Å². The SMILES string of the molecule is O=C(O)c1cncc(Oc2cccc3cccnc23)n1. The first kappa shape index (κ1) is 12.0. The molecule has 0 spiro atoms. The lowest BCUT2D eigenvalue weighted by Gasteiger charge is -2.07. The van der Waals surface area contributed by atoms with Crippen LogP contribution in [0.5, 0.6) is 11.6 Å². The summed E-state index contributed by atoms with van der Waals surface area (Å²) in [5, 5.41) is 9.80. The highest BCUT2D eigenvalue weighted by Gasteiger charge is 2.09. The number of hydrogen-bond donors (Lipinski definition) is 1. The summed E-state index contributed by atoms with van der Waals surface area (Å²) < 4.78 is 5.58. The second kappa shape index (κ2) is 4.93. The molecule has 0 amide bonds. The quantitative estimate of drug-likeness (QED) is 0.784. The van der Waals surface area contributed by atoms with Gasteiger partial charge in [0.1, 0.15) is 5.52 Å². The van der Waals surface area contributed by atoms with Crippen LogP contribution in [0.25, 0.3) is 10.9 Å². The molecule has 20 heavy (non-hydrogen) atoms. The van der Waals surface area contributed by atoms with Gasteiger partial charge in [-0.1, -0.05) is 18.2 Å². The fraction of sp³-hybridized carbons (Fsp3) is 0. The summed E-state index contributed by atoms with van der Waals surface area (Å²) in [5.74, 6) is -0.540. The Morgan fingerprint density at radius 1 is 1.15 bits per heavy atom. The maximum absolute atomic E-state index is 10.8. The molecule has 0 bridgehead atoms. The lowest BCUT2D eigenvalue weighted by atomic mass is 10.2. The van der Waals surface area contributed by atoms with Crippen molar-refractivity contribution in [3.05, 3.63) is 54.6 Å². The molecule has 1 aromatic carbocycles. The number of aromatic carboxylic acids is 1. The summed E-state index contributed by atoms with van der Waals surface area (Å²) >= 11 is 0. The fourth-order valence-electron chi connectivity index (χ4n) is 1.77. The fourth-order valence-corrected chi connectivity index (χ4v) is 1.77. The second-order valence-corrected chi connectivity index (χ2v) is 3.98. The number of carboxylic acid groups (broad SMARTS) is 1. The number of benzene rings is 1. The van der Waals surface area contributed by atoms with Crippen LogP contribution >= 0.6 is 0 Å². The third kappa shape index (κ3) is 2.26. The van der Waals surface area contributed by atoms with Crippen molar-refractivity contribution in [3.63, 3.8) is 0 Å². The number of carboxylic acids is 1. The van der Waals surface area contributed by atoms with E-state index in [2.05, 4.69) is 15.0 Å². The molecule has 3 aromatic rings. The van der Waals surface area contributed by atoms with E-state index in [1.54, 1.807) is 12.3 Å². The average Bonchev–Trinajstić information content (AvgIpc) is 2.48. The molecule has 6 heteroatoms. The van der Waals surface area contributed by atoms with E-state index in [0.29, 0.717) is 11.3 Å². The predicted octanol–water partition coefficient (Wildman–Crippen LogP) is 2.52. The van der Waals surface area contributed by atoms with Gasteiger partial charge < -0.3 is 9.84 Å². The van der Waals surface area contributed by atoms with E-state index in [9.17, 15) is 4.79 Å². The van der Waals surface area contributed by atoms with Crippen LogP contribution in [0.2, 0.25) is 0 Å². The van der Waals surface area contributed by atoms with Crippen molar-refractivity contribution >= 4 is 16.9 Å². The van der Waals surface area contributed by atoms with E-state index >= 15 is 0 Å². The number of fused-ring (bicyclic) bond motifs is 1. The van der Waals surface area contributed by atoms with Gasteiger partial charge in [0.2, 0.25) is 5.88 Å². The topological polar surface area (TPSA) is 85.2 Å². The first-order valence-corrected chi connectivity index (χ1v) is 5.81. The van der Waals surface area contributed by atoms with Gasteiger partial charge in [-0.05, 0) is 12.1 Å². The molecule has 1 N–H and O–H groups in total. The van der Waals surface area contributed by atoms with E-state index in [1.807, 2.05) is 24.3 Å². The van der Waals surface area contributed by atoms with Crippen molar-refractivity contribution in [3.8, 4) is 11.6 Å². The lowest BCUT2D eigenvalue weighted by Crippen LogP contribution is -2.02.